The smallest absolute Gasteiger partial charge is 0.355 e. The highest BCUT2D eigenvalue weighted by Gasteiger charge is 2.27. The number of para-hydroxylation sites is 1. The molecule has 24 heavy (non-hydrogen) atoms. The Morgan fingerprint density at radius 3 is 2.83 bits per heavy atom. The van der Waals surface area contributed by atoms with Crippen molar-refractivity contribution in [1.82, 2.24) is 9.71 Å². The summed E-state index contributed by atoms with van der Waals surface area (Å²) in [6.45, 7) is 2.22. The monoisotopic (exact) mass is 370 g/mol. The molecule has 1 aliphatic heterocycles. The minimum Gasteiger partial charge on any atom is -0.486 e. The molecule has 1 unspecified atom stereocenters. The summed E-state index contributed by atoms with van der Waals surface area (Å²) < 4.78 is 38.6. The maximum absolute atomic E-state index is 12.6. The van der Waals surface area contributed by atoms with E-state index < -0.39 is 22.0 Å². The van der Waals surface area contributed by atoms with Gasteiger partial charge in [0.05, 0.1) is 6.04 Å². The summed E-state index contributed by atoms with van der Waals surface area (Å²) in [6.07, 6.45) is 0. The molecule has 1 atom stereocenters. The third-order valence-electron chi connectivity index (χ3n) is 3.26. The van der Waals surface area contributed by atoms with Crippen LogP contribution in [0.2, 0.25) is 0 Å². The lowest BCUT2D eigenvalue weighted by atomic mass is 10.3. The second kappa shape index (κ2) is 6.38. The number of carboxylic acids is 1. The van der Waals surface area contributed by atoms with Gasteiger partial charge in [-0.05, 0) is 19.1 Å². The second-order valence-electron chi connectivity index (χ2n) is 5.00. The number of aromatic nitrogens is 1. The van der Waals surface area contributed by atoms with Gasteiger partial charge in [0.2, 0.25) is 10.0 Å². The number of rotatable bonds is 5. The van der Waals surface area contributed by atoms with Crippen molar-refractivity contribution < 1.29 is 27.8 Å². The van der Waals surface area contributed by atoms with E-state index in [4.69, 9.17) is 14.6 Å². The first-order valence-corrected chi connectivity index (χ1v) is 9.34. The summed E-state index contributed by atoms with van der Waals surface area (Å²) >= 11 is 1.08. The summed E-state index contributed by atoms with van der Waals surface area (Å²) in [5.74, 6) is -0.608. The number of sulfonamides is 1. The Morgan fingerprint density at radius 1 is 1.38 bits per heavy atom. The van der Waals surface area contributed by atoms with E-state index in [0.717, 1.165) is 11.3 Å². The number of aromatic carboxylic acids is 1. The van der Waals surface area contributed by atoms with E-state index in [1.165, 1.54) is 11.4 Å². The number of hydrogen-bond donors (Lipinski definition) is 2. The first kappa shape index (κ1) is 16.7. The molecule has 0 saturated carbocycles. The molecule has 3 rings (SSSR count). The van der Waals surface area contributed by atoms with E-state index in [1.54, 1.807) is 19.1 Å². The topological polar surface area (TPSA) is 115 Å². The minimum absolute atomic E-state index is 0.0263. The largest absolute Gasteiger partial charge is 0.486 e. The standard InChI is InChI=1S/C14H14N2O6S2/c1-8(13-15-9(7-23-13)14(17)18)16-24(19,20)11-4-2-3-10-12(11)22-6-5-21-10/h2-4,7-8,16H,5-6H2,1H3,(H,17,18). The highest BCUT2D eigenvalue weighted by molar-refractivity contribution is 7.89. The first-order chi connectivity index (χ1) is 11.4. The van der Waals surface area contributed by atoms with Gasteiger partial charge in [-0.1, -0.05) is 6.07 Å². The molecule has 0 fully saturated rings. The Bertz CT molecular complexity index is 877. The van der Waals surface area contributed by atoms with E-state index in [2.05, 4.69) is 9.71 Å². The summed E-state index contributed by atoms with van der Waals surface area (Å²) in [6, 6.07) is 3.94. The van der Waals surface area contributed by atoms with Gasteiger partial charge in [0, 0.05) is 5.38 Å². The Labute approximate surface area is 142 Å². The van der Waals surface area contributed by atoms with Gasteiger partial charge in [-0.15, -0.1) is 11.3 Å². The minimum atomic E-state index is -3.90. The van der Waals surface area contributed by atoms with Crippen LogP contribution in [0.3, 0.4) is 0 Å². The van der Waals surface area contributed by atoms with Crippen molar-refractivity contribution in [3.05, 3.63) is 34.3 Å². The molecule has 0 radical (unpaired) electrons. The molecule has 128 valence electrons. The van der Waals surface area contributed by atoms with Crippen LogP contribution in [0.1, 0.15) is 28.5 Å². The van der Waals surface area contributed by atoms with Crippen molar-refractivity contribution in [2.24, 2.45) is 0 Å². The van der Waals surface area contributed by atoms with Gasteiger partial charge >= 0.3 is 5.97 Å². The maximum Gasteiger partial charge on any atom is 0.355 e. The summed E-state index contributed by atoms with van der Waals surface area (Å²) in [7, 11) is -3.90. The van der Waals surface area contributed by atoms with Crippen LogP contribution in [0.5, 0.6) is 11.5 Å². The normalized spacial score (nSPS) is 15.0. The van der Waals surface area contributed by atoms with E-state index >= 15 is 0 Å². The van der Waals surface area contributed by atoms with Crippen LogP contribution in [0.25, 0.3) is 0 Å². The number of nitrogens with one attached hydrogen (secondary N) is 1. The summed E-state index contributed by atoms with van der Waals surface area (Å²) in [5, 5.41) is 10.6. The molecule has 1 aromatic heterocycles. The molecule has 1 aromatic carbocycles. The molecular formula is C14H14N2O6S2. The van der Waals surface area contributed by atoms with Crippen molar-refractivity contribution in [1.29, 1.82) is 0 Å². The highest BCUT2D eigenvalue weighted by atomic mass is 32.2. The lowest BCUT2D eigenvalue weighted by molar-refractivity contribution is 0.0691. The maximum atomic E-state index is 12.6. The van der Waals surface area contributed by atoms with E-state index in [-0.39, 0.29) is 22.9 Å². The van der Waals surface area contributed by atoms with E-state index in [0.29, 0.717) is 17.4 Å². The van der Waals surface area contributed by atoms with Crippen LogP contribution in [0.4, 0.5) is 0 Å². The number of carboxylic acid groups (broad SMARTS) is 1. The van der Waals surface area contributed by atoms with E-state index in [1.807, 2.05) is 0 Å². The lowest BCUT2D eigenvalue weighted by Crippen LogP contribution is -2.28. The molecule has 0 saturated heterocycles. The zero-order valence-corrected chi connectivity index (χ0v) is 14.2. The van der Waals surface area contributed by atoms with Crippen LogP contribution in [-0.2, 0) is 10.0 Å². The first-order valence-electron chi connectivity index (χ1n) is 6.98. The fourth-order valence-electron chi connectivity index (χ4n) is 2.19. The molecule has 8 nitrogen and oxygen atoms in total. The summed E-state index contributed by atoms with van der Waals surface area (Å²) in [5.41, 5.74) is -0.116. The molecule has 2 N–H and O–H groups in total. The van der Waals surface area contributed by atoms with Crippen molar-refractivity contribution >= 4 is 27.3 Å². The molecule has 2 aromatic rings. The summed E-state index contributed by atoms with van der Waals surface area (Å²) in [4.78, 5) is 14.8. The number of thiazole rings is 1. The SMILES string of the molecule is CC(NS(=O)(=O)c1cccc2c1OCCO2)c1nc(C(=O)O)cs1. The number of benzene rings is 1. The molecule has 0 bridgehead atoms. The lowest BCUT2D eigenvalue weighted by Gasteiger charge is -2.21. The van der Waals surface area contributed by atoms with Gasteiger partial charge in [0.1, 0.15) is 23.1 Å². The predicted molar refractivity (Wildman–Crippen MR) is 85.2 cm³/mol. The van der Waals surface area contributed by atoms with Gasteiger partial charge in [-0.2, -0.15) is 0 Å². The molecule has 2 heterocycles. The zero-order chi connectivity index (χ0) is 17.3. The predicted octanol–water partition coefficient (Wildman–Crippen LogP) is 1.65. The van der Waals surface area contributed by atoms with Gasteiger partial charge in [0.25, 0.3) is 0 Å². The van der Waals surface area contributed by atoms with Crippen LogP contribution in [0, 0.1) is 0 Å². The van der Waals surface area contributed by atoms with Crippen LogP contribution in [-0.4, -0.2) is 37.7 Å². The van der Waals surface area contributed by atoms with Crippen LogP contribution >= 0.6 is 11.3 Å². The number of hydrogen-bond acceptors (Lipinski definition) is 7. The zero-order valence-electron chi connectivity index (χ0n) is 12.6. The number of nitrogens with zero attached hydrogens (tertiary/aromatic N) is 1. The Hall–Kier alpha value is -2.17. The Morgan fingerprint density at radius 2 is 2.12 bits per heavy atom. The van der Waals surface area contributed by atoms with Crippen molar-refractivity contribution in [2.45, 2.75) is 17.9 Å². The quantitative estimate of drug-likeness (QED) is 0.822. The molecule has 0 aliphatic carbocycles. The number of fused-ring (bicyclic) bond motifs is 1. The average Bonchev–Trinajstić information content (AvgIpc) is 3.04. The third kappa shape index (κ3) is 3.21. The van der Waals surface area contributed by atoms with Crippen LogP contribution < -0.4 is 14.2 Å². The van der Waals surface area contributed by atoms with Crippen LogP contribution in [0.15, 0.2) is 28.5 Å². The molecule has 0 spiro atoms. The Kier molecular flexibility index (Phi) is 4.43. The molecular weight excluding hydrogens is 356 g/mol. The molecule has 0 amide bonds. The Balaban J connectivity index is 1.87. The van der Waals surface area contributed by atoms with Gasteiger partial charge in [-0.3, -0.25) is 0 Å². The van der Waals surface area contributed by atoms with Gasteiger partial charge < -0.3 is 14.6 Å². The fourth-order valence-corrected chi connectivity index (χ4v) is 4.43. The van der Waals surface area contributed by atoms with Gasteiger partial charge in [0.15, 0.2) is 17.2 Å². The second-order valence-corrected chi connectivity index (χ2v) is 7.57. The number of ether oxygens (including phenoxy) is 2. The number of carbonyl (C=O) groups is 1. The average molecular weight is 370 g/mol. The van der Waals surface area contributed by atoms with Crippen molar-refractivity contribution in [3.8, 4) is 11.5 Å². The van der Waals surface area contributed by atoms with Crippen molar-refractivity contribution in [2.75, 3.05) is 13.2 Å². The van der Waals surface area contributed by atoms with E-state index in [9.17, 15) is 13.2 Å². The molecule has 10 heteroatoms. The highest BCUT2D eigenvalue weighted by Crippen LogP contribution is 2.36. The van der Waals surface area contributed by atoms with Gasteiger partial charge in [-0.25, -0.2) is 22.9 Å². The fraction of sp³-hybridized carbons (Fsp3) is 0.286. The van der Waals surface area contributed by atoms with Crippen molar-refractivity contribution in [3.63, 3.8) is 0 Å². The molecule has 1 aliphatic rings. The third-order valence-corrected chi connectivity index (χ3v) is 5.85.